The number of anilines is 1. The van der Waals surface area contributed by atoms with E-state index in [9.17, 15) is 18.0 Å². The van der Waals surface area contributed by atoms with E-state index in [4.69, 9.17) is 4.74 Å². The lowest BCUT2D eigenvalue weighted by Crippen LogP contribution is -2.26. The van der Waals surface area contributed by atoms with Gasteiger partial charge < -0.3 is 10.1 Å². The predicted molar refractivity (Wildman–Crippen MR) is 102 cm³/mol. The van der Waals surface area contributed by atoms with Gasteiger partial charge in [-0.2, -0.15) is 0 Å². The summed E-state index contributed by atoms with van der Waals surface area (Å²) in [6, 6.07) is 5.97. The molecule has 5 nitrogen and oxygen atoms in total. The van der Waals surface area contributed by atoms with E-state index in [1.165, 1.54) is 22.9 Å². The molecule has 1 aliphatic heterocycles. The number of hydrogen-bond acceptors (Lipinski definition) is 4. The Kier molecular flexibility index (Phi) is 5.00. The fraction of sp³-hybridized carbons (Fsp3) is 0.238. The van der Waals surface area contributed by atoms with Crippen molar-refractivity contribution in [3.05, 3.63) is 75.5 Å². The Morgan fingerprint density at radius 1 is 1.14 bits per heavy atom. The van der Waals surface area contributed by atoms with Crippen LogP contribution in [0.15, 0.2) is 41.3 Å². The predicted octanol–water partition coefficient (Wildman–Crippen LogP) is 3.89. The SMILES string of the molecule is CCn1c(NCc2c(F)ccc3c2CCO3)ncc(-c2ccc(F)cc2F)c1=O. The van der Waals surface area contributed by atoms with E-state index < -0.39 is 17.2 Å². The fourth-order valence-electron chi connectivity index (χ4n) is 3.49. The number of aromatic nitrogens is 2. The van der Waals surface area contributed by atoms with Gasteiger partial charge in [0.2, 0.25) is 5.95 Å². The van der Waals surface area contributed by atoms with Crippen LogP contribution in [-0.2, 0) is 19.5 Å². The molecule has 0 unspecified atom stereocenters. The van der Waals surface area contributed by atoms with Crippen molar-refractivity contribution < 1.29 is 17.9 Å². The Morgan fingerprint density at radius 3 is 2.72 bits per heavy atom. The number of fused-ring (bicyclic) bond motifs is 1. The molecule has 0 spiro atoms. The van der Waals surface area contributed by atoms with Gasteiger partial charge in [-0.25, -0.2) is 18.2 Å². The molecule has 0 fully saturated rings. The van der Waals surface area contributed by atoms with E-state index in [1.807, 2.05) is 0 Å². The summed E-state index contributed by atoms with van der Waals surface area (Å²) < 4.78 is 48.4. The normalized spacial score (nSPS) is 12.6. The average molecular weight is 401 g/mol. The minimum Gasteiger partial charge on any atom is -0.493 e. The van der Waals surface area contributed by atoms with Gasteiger partial charge in [0.1, 0.15) is 23.2 Å². The monoisotopic (exact) mass is 401 g/mol. The number of ether oxygens (including phenoxy) is 1. The van der Waals surface area contributed by atoms with Gasteiger partial charge in [-0.05, 0) is 31.2 Å². The van der Waals surface area contributed by atoms with Gasteiger partial charge in [0.25, 0.3) is 5.56 Å². The molecule has 4 rings (SSSR count). The quantitative estimate of drug-likeness (QED) is 0.705. The minimum atomic E-state index is -0.839. The summed E-state index contributed by atoms with van der Waals surface area (Å²) in [7, 11) is 0. The highest BCUT2D eigenvalue weighted by Crippen LogP contribution is 2.30. The molecule has 0 radical (unpaired) electrons. The lowest BCUT2D eigenvalue weighted by atomic mass is 10.0. The summed E-state index contributed by atoms with van der Waals surface area (Å²) in [6.07, 6.45) is 1.85. The first-order valence-corrected chi connectivity index (χ1v) is 9.21. The molecule has 0 saturated carbocycles. The largest absolute Gasteiger partial charge is 0.493 e. The van der Waals surface area contributed by atoms with Crippen molar-refractivity contribution in [2.24, 2.45) is 0 Å². The Labute approximate surface area is 164 Å². The van der Waals surface area contributed by atoms with Gasteiger partial charge in [0.05, 0.1) is 12.2 Å². The van der Waals surface area contributed by atoms with Crippen LogP contribution in [0.3, 0.4) is 0 Å². The second-order valence-corrected chi connectivity index (χ2v) is 6.62. The summed E-state index contributed by atoms with van der Waals surface area (Å²) in [4.78, 5) is 17.1. The van der Waals surface area contributed by atoms with Crippen molar-refractivity contribution in [3.63, 3.8) is 0 Å². The number of rotatable bonds is 5. The Balaban J connectivity index is 1.67. The Bertz CT molecular complexity index is 1140. The van der Waals surface area contributed by atoms with Gasteiger partial charge in [-0.1, -0.05) is 0 Å². The van der Waals surface area contributed by atoms with Crippen LogP contribution in [0.4, 0.5) is 19.1 Å². The summed E-state index contributed by atoms with van der Waals surface area (Å²) >= 11 is 0. The first-order valence-electron chi connectivity index (χ1n) is 9.21. The summed E-state index contributed by atoms with van der Waals surface area (Å²) in [5, 5.41) is 3.00. The van der Waals surface area contributed by atoms with Crippen molar-refractivity contribution in [3.8, 4) is 16.9 Å². The molecule has 1 N–H and O–H groups in total. The highest BCUT2D eigenvalue weighted by Gasteiger charge is 2.20. The maximum Gasteiger partial charge on any atom is 0.262 e. The molecule has 1 aromatic heterocycles. The third-order valence-corrected chi connectivity index (χ3v) is 4.95. The Hall–Kier alpha value is -3.29. The summed E-state index contributed by atoms with van der Waals surface area (Å²) in [5.74, 6) is -1.04. The maximum atomic E-state index is 14.3. The second kappa shape index (κ2) is 7.62. The molecular weight excluding hydrogens is 383 g/mol. The smallest absolute Gasteiger partial charge is 0.262 e. The molecular formula is C21H18F3N3O2. The van der Waals surface area contributed by atoms with Gasteiger partial charge in [-0.3, -0.25) is 9.36 Å². The van der Waals surface area contributed by atoms with Crippen LogP contribution in [0.5, 0.6) is 5.75 Å². The van der Waals surface area contributed by atoms with Crippen LogP contribution in [0.1, 0.15) is 18.1 Å². The first kappa shape index (κ1) is 19.0. The van der Waals surface area contributed by atoms with E-state index >= 15 is 0 Å². The van der Waals surface area contributed by atoms with Gasteiger partial charge in [0.15, 0.2) is 0 Å². The van der Waals surface area contributed by atoms with Gasteiger partial charge in [0, 0.05) is 48.5 Å². The summed E-state index contributed by atoms with van der Waals surface area (Å²) in [6.45, 7) is 2.63. The molecule has 2 heterocycles. The van der Waals surface area contributed by atoms with Crippen molar-refractivity contribution in [1.82, 2.24) is 9.55 Å². The third-order valence-electron chi connectivity index (χ3n) is 4.95. The zero-order valence-corrected chi connectivity index (χ0v) is 15.6. The van der Waals surface area contributed by atoms with Crippen molar-refractivity contribution in [2.45, 2.75) is 26.4 Å². The molecule has 2 aromatic carbocycles. The number of benzene rings is 2. The fourth-order valence-corrected chi connectivity index (χ4v) is 3.49. The molecule has 8 heteroatoms. The first-order chi connectivity index (χ1) is 14.0. The van der Waals surface area contributed by atoms with Crippen molar-refractivity contribution in [2.75, 3.05) is 11.9 Å². The highest BCUT2D eigenvalue weighted by molar-refractivity contribution is 5.63. The van der Waals surface area contributed by atoms with Gasteiger partial charge >= 0.3 is 0 Å². The number of hydrogen-bond donors (Lipinski definition) is 1. The molecule has 150 valence electrons. The van der Waals surface area contributed by atoms with Crippen molar-refractivity contribution >= 4 is 5.95 Å². The molecule has 0 atom stereocenters. The topological polar surface area (TPSA) is 56.1 Å². The molecule has 1 aliphatic rings. The highest BCUT2D eigenvalue weighted by atomic mass is 19.1. The van der Waals surface area contributed by atoms with E-state index in [0.29, 0.717) is 24.3 Å². The molecule has 0 saturated heterocycles. The number of nitrogens with zero attached hydrogens (tertiary/aromatic N) is 2. The zero-order valence-electron chi connectivity index (χ0n) is 15.6. The average Bonchev–Trinajstić information content (AvgIpc) is 3.17. The number of halogens is 3. The minimum absolute atomic E-state index is 0.0232. The van der Waals surface area contributed by atoms with Crippen LogP contribution in [-0.4, -0.2) is 16.2 Å². The molecule has 0 aliphatic carbocycles. The van der Waals surface area contributed by atoms with Crippen LogP contribution < -0.4 is 15.6 Å². The molecule has 29 heavy (non-hydrogen) atoms. The van der Waals surface area contributed by atoms with Gasteiger partial charge in [-0.15, -0.1) is 0 Å². The maximum absolute atomic E-state index is 14.3. The summed E-state index contributed by atoms with van der Waals surface area (Å²) in [5.41, 5.74) is 0.785. The zero-order chi connectivity index (χ0) is 20.5. The lowest BCUT2D eigenvalue weighted by molar-refractivity contribution is 0.356. The van der Waals surface area contributed by atoms with Crippen LogP contribution in [0, 0.1) is 17.5 Å². The molecule has 0 bridgehead atoms. The Morgan fingerprint density at radius 2 is 1.97 bits per heavy atom. The second-order valence-electron chi connectivity index (χ2n) is 6.62. The van der Waals surface area contributed by atoms with Crippen LogP contribution in [0.25, 0.3) is 11.1 Å². The van der Waals surface area contributed by atoms with E-state index in [-0.39, 0.29) is 36.0 Å². The van der Waals surface area contributed by atoms with Crippen LogP contribution in [0.2, 0.25) is 0 Å². The third kappa shape index (κ3) is 3.46. The van der Waals surface area contributed by atoms with Crippen LogP contribution >= 0.6 is 0 Å². The number of nitrogens with one attached hydrogen (secondary N) is 1. The molecule has 3 aromatic rings. The van der Waals surface area contributed by atoms with E-state index in [0.717, 1.165) is 17.7 Å². The standard InChI is InChI=1S/C21H18F3N3O2/c1-2-27-20(28)16(13-4-3-12(22)9-18(13)24)11-26-21(27)25-10-15-14-7-8-29-19(14)6-5-17(15)23/h3-6,9,11H,2,7-8,10H2,1H3,(H,25,26). The van der Waals surface area contributed by atoms with E-state index in [2.05, 4.69) is 10.3 Å². The van der Waals surface area contributed by atoms with Crippen molar-refractivity contribution in [1.29, 1.82) is 0 Å². The van der Waals surface area contributed by atoms with E-state index in [1.54, 1.807) is 13.0 Å². The lowest BCUT2D eigenvalue weighted by Gasteiger charge is -2.15. The molecule has 0 amide bonds.